The van der Waals surface area contributed by atoms with Crippen molar-refractivity contribution >= 4 is 11.6 Å². The normalized spacial score (nSPS) is 14.5. The molecule has 1 aliphatic rings. The van der Waals surface area contributed by atoms with E-state index < -0.39 is 0 Å². The summed E-state index contributed by atoms with van der Waals surface area (Å²) >= 11 is 5.74. The van der Waals surface area contributed by atoms with Gasteiger partial charge < -0.3 is 4.74 Å². The molecule has 0 N–H and O–H groups in total. The molecular weight excluding hydrogens is 232 g/mol. The molecule has 1 aromatic rings. The van der Waals surface area contributed by atoms with Crippen molar-refractivity contribution in [3.8, 4) is 5.75 Å². The third-order valence-corrected chi connectivity index (χ3v) is 3.91. The molecule has 0 fully saturated rings. The number of halogens is 1. The van der Waals surface area contributed by atoms with Gasteiger partial charge >= 0.3 is 0 Å². The van der Waals surface area contributed by atoms with Crippen LogP contribution in [0.3, 0.4) is 0 Å². The van der Waals surface area contributed by atoms with Crippen LogP contribution in [0.1, 0.15) is 42.4 Å². The average molecular weight is 253 g/mol. The number of unbranched alkanes of at least 4 members (excludes halogenated alkanes) is 1. The van der Waals surface area contributed by atoms with E-state index in [9.17, 15) is 0 Å². The van der Waals surface area contributed by atoms with Crippen molar-refractivity contribution in [3.05, 3.63) is 28.8 Å². The van der Waals surface area contributed by atoms with Gasteiger partial charge in [0.25, 0.3) is 0 Å². The maximum Gasteiger partial charge on any atom is 0.122 e. The second kappa shape index (κ2) is 6.30. The second-order valence-corrected chi connectivity index (χ2v) is 5.12. The largest absolute Gasteiger partial charge is 0.496 e. The molecule has 0 saturated carbocycles. The Morgan fingerprint density at radius 3 is 2.59 bits per heavy atom. The quantitative estimate of drug-likeness (QED) is 0.565. The van der Waals surface area contributed by atoms with E-state index in [1.165, 1.54) is 49.7 Å². The minimum Gasteiger partial charge on any atom is -0.496 e. The number of benzene rings is 1. The van der Waals surface area contributed by atoms with Crippen molar-refractivity contribution in [1.82, 2.24) is 0 Å². The number of aryl methyl sites for hydroxylation is 1. The summed E-state index contributed by atoms with van der Waals surface area (Å²) in [5.41, 5.74) is 4.54. The third-order valence-electron chi connectivity index (χ3n) is 3.64. The monoisotopic (exact) mass is 252 g/mol. The van der Waals surface area contributed by atoms with Crippen LogP contribution in [0.2, 0.25) is 0 Å². The molecule has 17 heavy (non-hydrogen) atoms. The van der Waals surface area contributed by atoms with E-state index in [2.05, 4.69) is 12.1 Å². The Labute approximate surface area is 109 Å². The number of hydrogen-bond acceptors (Lipinski definition) is 1. The van der Waals surface area contributed by atoms with Crippen LogP contribution in [0.25, 0.3) is 0 Å². The van der Waals surface area contributed by atoms with E-state index in [0.29, 0.717) is 0 Å². The van der Waals surface area contributed by atoms with E-state index in [0.717, 1.165) is 18.1 Å². The summed E-state index contributed by atoms with van der Waals surface area (Å²) in [5, 5.41) is 0. The zero-order valence-corrected chi connectivity index (χ0v) is 11.4. The molecule has 2 heteroatoms. The molecule has 0 atom stereocenters. The molecule has 94 valence electrons. The van der Waals surface area contributed by atoms with Crippen molar-refractivity contribution in [1.29, 1.82) is 0 Å². The molecule has 0 unspecified atom stereocenters. The Kier molecular flexibility index (Phi) is 4.73. The van der Waals surface area contributed by atoms with Gasteiger partial charge in [0, 0.05) is 5.88 Å². The number of fused-ring (bicyclic) bond motifs is 1. The van der Waals surface area contributed by atoms with Crippen molar-refractivity contribution < 1.29 is 4.74 Å². The van der Waals surface area contributed by atoms with Gasteiger partial charge in [0.2, 0.25) is 0 Å². The van der Waals surface area contributed by atoms with Crippen molar-refractivity contribution in [3.63, 3.8) is 0 Å². The summed E-state index contributed by atoms with van der Waals surface area (Å²) in [6.07, 6.45) is 8.51. The Bertz CT molecular complexity index is 373. The highest BCUT2D eigenvalue weighted by Crippen LogP contribution is 2.32. The number of methoxy groups -OCH3 is 1. The second-order valence-electron chi connectivity index (χ2n) is 4.74. The predicted octanol–water partition coefficient (Wildman–Crippen LogP) is 4.14. The smallest absolute Gasteiger partial charge is 0.122 e. The Morgan fingerprint density at radius 1 is 1.12 bits per heavy atom. The minimum atomic E-state index is 0.776. The topological polar surface area (TPSA) is 9.23 Å². The lowest BCUT2D eigenvalue weighted by Gasteiger charge is -2.22. The van der Waals surface area contributed by atoms with Gasteiger partial charge in [-0.25, -0.2) is 0 Å². The van der Waals surface area contributed by atoms with Gasteiger partial charge in [-0.2, -0.15) is 0 Å². The molecule has 1 aliphatic carbocycles. The summed E-state index contributed by atoms with van der Waals surface area (Å²) in [6.45, 7) is 0. The molecule has 0 bridgehead atoms. The first-order valence-electron chi connectivity index (χ1n) is 6.60. The van der Waals surface area contributed by atoms with Crippen LogP contribution in [-0.4, -0.2) is 13.0 Å². The molecular formula is C15H21ClO. The number of rotatable bonds is 5. The summed E-state index contributed by atoms with van der Waals surface area (Å²) in [6, 6.07) is 4.39. The third kappa shape index (κ3) is 2.95. The maximum atomic E-state index is 5.74. The minimum absolute atomic E-state index is 0.776. The highest BCUT2D eigenvalue weighted by molar-refractivity contribution is 6.17. The lowest BCUT2D eigenvalue weighted by molar-refractivity contribution is 0.406. The molecule has 1 nitrogen and oxygen atoms in total. The molecule has 2 rings (SSSR count). The summed E-state index contributed by atoms with van der Waals surface area (Å²) in [4.78, 5) is 0. The molecule has 0 amide bonds. The summed E-state index contributed by atoms with van der Waals surface area (Å²) in [5.74, 6) is 1.86. The fourth-order valence-electron chi connectivity index (χ4n) is 2.74. The summed E-state index contributed by atoms with van der Waals surface area (Å²) < 4.78 is 5.47. The van der Waals surface area contributed by atoms with Gasteiger partial charge in [-0.1, -0.05) is 6.07 Å². The number of ether oxygens (including phenoxy) is 1. The number of alkyl halides is 1. The molecule has 0 aliphatic heterocycles. The van der Waals surface area contributed by atoms with Crippen molar-refractivity contribution in [2.24, 2.45) is 0 Å². The summed E-state index contributed by atoms with van der Waals surface area (Å²) in [7, 11) is 1.78. The zero-order valence-electron chi connectivity index (χ0n) is 10.6. The molecule has 0 radical (unpaired) electrons. The van der Waals surface area contributed by atoms with E-state index in [1.807, 2.05) is 0 Å². The predicted molar refractivity (Wildman–Crippen MR) is 73.3 cm³/mol. The van der Waals surface area contributed by atoms with Crippen molar-refractivity contribution in [2.75, 3.05) is 13.0 Å². The highest BCUT2D eigenvalue weighted by atomic mass is 35.5. The van der Waals surface area contributed by atoms with Crippen LogP contribution in [-0.2, 0) is 19.3 Å². The Balaban J connectivity index is 2.21. The number of hydrogen-bond donors (Lipinski definition) is 0. The highest BCUT2D eigenvalue weighted by Gasteiger charge is 2.16. The Morgan fingerprint density at radius 2 is 1.88 bits per heavy atom. The van der Waals surface area contributed by atoms with E-state index in [1.54, 1.807) is 12.7 Å². The van der Waals surface area contributed by atoms with Crippen LogP contribution < -0.4 is 4.74 Å². The molecule has 0 heterocycles. The SMILES string of the molecule is COc1ccc(CCCCCl)c2c1CCCC2. The average Bonchev–Trinajstić information content (AvgIpc) is 2.39. The molecule has 0 spiro atoms. The van der Waals surface area contributed by atoms with Crippen LogP contribution in [0.15, 0.2) is 12.1 Å². The first kappa shape index (κ1) is 12.8. The molecule has 1 aromatic carbocycles. The van der Waals surface area contributed by atoms with Gasteiger partial charge in [-0.15, -0.1) is 11.6 Å². The molecule has 0 aromatic heterocycles. The fraction of sp³-hybridized carbons (Fsp3) is 0.600. The first-order valence-corrected chi connectivity index (χ1v) is 7.14. The Hall–Kier alpha value is -0.690. The van der Waals surface area contributed by atoms with E-state index >= 15 is 0 Å². The maximum absolute atomic E-state index is 5.74. The standard InChI is InChI=1S/C15H21ClO/c1-17-15-10-9-12(6-4-5-11-16)13-7-2-3-8-14(13)15/h9-10H,2-8,11H2,1H3. The van der Waals surface area contributed by atoms with Gasteiger partial charge in [0.1, 0.15) is 5.75 Å². The van der Waals surface area contributed by atoms with Crippen LogP contribution in [0, 0.1) is 0 Å². The zero-order chi connectivity index (χ0) is 12.1. The van der Waals surface area contributed by atoms with Gasteiger partial charge in [-0.05, 0) is 67.7 Å². The van der Waals surface area contributed by atoms with E-state index in [4.69, 9.17) is 16.3 Å². The fourth-order valence-corrected chi connectivity index (χ4v) is 2.93. The van der Waals surface area contributed by atoms with Gasteiger partial charge in [-0.3, -0.25) is 0 Å². The van der Waals surface area contributed by atoms with Crippen LogP contribution in [0.4, 0.5) is 0 Å². The lowest BCUT2D eigenvalue weighted by Crippen LogP contribution is -2.08. The van der Waals surface area contributed by atoms with Crippen LogP contribution in [0.5, 0.6) is 5.75 Å². The van der Waals surface area contributed by atoms with Gasteiger partial charge in [0.15, 0.2) is 0 Å². The van der Waals surface area contributed by atoms with Gasteiger partial charge in [0.05, 0.1) is 7.11 Å². The molecule has 0 saturated heterocycles. The van der Waals surface area contributed by atoms with Crippen LogP contribution >= 0.6 is 11.6 Å². The first-order chi connectivity index (χ1) is 8.36. The lowest BCUT2D eigenvalue weighted by atomic mass is 9.86. The van der Waals surface area contributed by atoms with Crippen molar-refractivity contribution in [2.45, 2.75) is 44.9 Å². The van der Waals surface area contributed by atoms with E-state index in [-0.39, 0.29) is 0 Å².